The fraction of sp³-hybridized carbons (Fsp3) is 0.857. The van der Waals surface area contributed by atoms with Crippen molar-refractivity contribution < 1.29 is 4.79 Å². The predicted octanol–water partition coefficient (Wildman–Crippen LogP) is -0.251. The van der Waals surface area contributed by atoms with Gasteiger partial charge in [-0.1, -0.05) is 0 Å². The number of rotatable bonds is 3. The van der Waals surface area contributed by atoms with Crippen molar-refractivity contribution in [3.05, 3.63) is 0 Å². The quantitative estimate of drug-likeness (QED) is 0.593. The van der Waals surface area contributed by atoms with Gasteiger partial charge in [-0.25, -0.2) is 4.79 Å². The first-order valence-corrected chi connectivity index (χ1v) is 3.99. The summed E-state index contributed by atoms with van der Waals surface area (Å²) in [6.07, 6.45) is 0.889. The van der Waals surface area contributed by atoms with E-state index in [2.05, 4.69) is 5.32 Å². The second-order valence-corrected chi connectivity index (χ2v) is 2.94. The lowest BCUT2D eigenvalue weighted by Gasteiger charge is -2.12. The second-order valence-electron chi connectivity index (χ2n) is 2.94. The van der Waals surface area contributed by atoms with E-state index in [1.165, 1.54) is 0 Å². The number of hydrogen-bond donors (Lipinski definition) is 2. The van der Waals surface area contributed by atoms with Crippen LogP contribution >= 0.6 is 0 Å². The van der Waals surface area contributed by atoms with Gasteiger partial charge >= 0.3 is 6.03 Å². The largest absolute Gasteiger partial charge is 0.334 e. The SMILES string of the molecule is CC1CN(CCCN)C(=O)N1. The van der Waals surface area contributed by atoms with Gasteiger partial charge in [-0.3, -0.25) is 0 Å². The maximum atomic E-state index is 11.1. The third kappa shape index (κ3) is 2.08. The third-order valence-electron chi connectivity index (χ3n) is 1.78. The lowest BCUT2D eigenvalue weighted by molar-refractivity contribution is 0.217. The highest BCUT2D eigenvalue weighted by molar-refractivity contribution is 5.76. The van der Waals surface area contributed by atoms with Crippen molar-refractivity contribution in [2.75, 3.05) is 19.6 Å². The van der Waals surface area contributed by atoms with Crippen LogP contribution in [-0.4, -0.2) is 36.6 Å². The molecule has 1 fully saturated rings. The Morgan fingerprint density at radius 1 is 1.82 bits per heavy atom. The maximum Gasteiger partial charge on any atom is 0.317 e. The molecule has 0 aromatic heterocycles. The number of nitrogens with two attached hydrogens (primary N) is 1. The van der Waals surface area contributed by atoms with Crippen LogP contribution in [-0.2, 0) is 0 Å². The molecule has 1 rings (SSSR count). The minimum atomic E-state index is 0.0472. The Labute approximate surface area is 66.7 Å². The van der Waals surface area contributed by atoms with E-state index in [0.29, 0.717) is 12.6 Å². The van der Waals surface area contributed by atoms with Gasteiger partial charge in [0.15, 0.2) is 0 Å². The molecule has 1 aliphatic rings. The highest BCUT2D eigenvalue weighted by Gasteiger charge is 2.24. The summed E-state index contributed by atoms with van der Waals surface area (Å²) in [5, 5.41) is 2.82. The smallest absolute Gasteiger partial charge is 0.317 e. The molecule has 0 aromatic carbocycles. The summed E-state index contributed by atoms with van der Waals surface area (Å²) in [5.41, 5.74) is 5.33. The molecule has 1 heterocycles. The van der Waals surface area contributed by atoms with Gasteiger partial charge in [0.25, 0.3) is 0 Å². The molecule has 1 unspecified atom stereocenters. The summed E-state index contributed by atoms with van der Waals surface area (Å²) in [6, 6.07) is 0.339. The van der Waals surface area contributed by atoms with Gasteiger partial charge in [0.1, 0.15) is 0 Å². The van der Waals surface area contributed by atoms with Gasteiger partial charge in [0.2, 0.25) is 0 Å². The van der Waals surface area contributed by atoms with Crippen molar-refractivity contribution in [2.45, 2.75) is 19.4 Å². The molecule has 1 aliphatic heterocycles. The molecule has 0 bridgehead atoms. The number of carbonyl (C=O) groups excluding carboxylic acids is 1. The molecule has 0 spiro atoms. The van der Waals surface area contributed by atoms with Crippen LogP contribution in [0, 0.1) is 0 Å². The molecule has 0 aliphatic carbocycles. The van der Waals surface area contributed by atoms with Gasteiger partial charge in [-0.2, -0.15) is 0 Å². The van der Waals surface area contributed by atoms with Gasteiger partial charge < -0.3 is 16.0 Å². The summed E-state index contributed by atoms with van der Waals surface area (Å²) in [4.78, 5) is 12.9. The molecule has 64 valence electrons. The molecule has 11 heavy (non-hydrogen) atoms. The van der Waals surface area contributed by atoms with E-state index < -0.39 is 0 Å². The summed E-state index contributed by atoms with van der Waals surface area (Å²) in [6.45, 7) is 4.25. The van der Waals surface area contributed by atoms with E-state index in [1.807, 2.05) is 6.92 Å². The average Bonchev–Trinajstić information content (AvgIpc) is 2.26. The Morgan fingerprint density at radius 3 is 3.00 bits per heavy atom. The normalized spacial score (nSPS) is 24.0. The Hall–Kier alpha value is -0.770. The first-order valence-electron chi connectivity index (χ1n) is 3.99. The number of nitrogens with one attached hydrogen (secondary N) is 1. The lowest BCUT2D eigenvalue weighted by atomic mass is 10.3. The van der Waals surface area contributed by atoms with E-state index in [9.17, 15) is 4.79 Å². The van der Waals surface area contributed by atoms with Crippen LogP contribution in [0.3, 0.4) is 0 Å². The summed E-state index contributed by atoms with van der Waals surface area (Å²) >= 11 is 0. The second kappa shape index (κ2) is 3.57. The maximum absolute atomic E-state index is 11.1. The van der Waals surface area contributed by atoms with E-state index >= 15 is 0 Å². The highest BCUT2D eigenvalue weighted by atomic mass is 16.2. The highest BCUT2D eigenvalue weighted by Crippen LogP contribution is 2.02. The molecule has 2 amide bonds. The Morgan fingerprint density at radius 2 is 2.55 bits per heavy atom. The van der Waals surface area contributed by atoms with Crippen LogP contribution in [0.5, 0.6) is 0 Å². The van der Waals surface area contributed by atoms with Crippen molar-refractivity contribution >= 4 is 6.03 Å². The molecule has 1 saturated heterocycles. The number of hydrogen-bond acceptors (Lipinski definition) is 2. The van der Waals surface area contributed by atoms with E-state index in [1.54, 1.807) is 4.90 Å². The molecular formula is C7H15N3O. The van der Waals surface area contributed by atoms with Crippen molar-refractivity contribution in [3.63, 3.8) is 0 Å². The molecule has 3 N–H and O–H groups in total. The van der Waals surface area contributed by atoms with Crippen molar-refractivity contribution in [2.24, 2.45) is 5.73 Å². The van der Waals surface area contributed by atoms with Crippen molar-refractivity contribution in [3.8, 4) is 0 Å². The first kappa shape index (κ1) is 8.33. The molecule has 0 saturated carbocycles. The van der Waals surface area contributed by atoms with Crippen molar-refractivity contribution in [1.82, 2.24) is 10.2 Å². The Balaban J connectivity index is 2.29. The van der Waals surface area contributed by atoms with Gasteiger partial charge in [-0.15, -0.1) is 0 Å². The minimum absolute atomic E-state index is 0.0472. The fourth-order valence-corrected chi connectivity index (χ4v) is 1.24. The van der Waals surface area contributed by atoms with Crippen LogP contribution in [0.1, 0.15) is 13.3 Å². The van der Waals surface area contributed by atoms with Crippen LogP contribution < -0.4 is 11.1 Å². The van der Waals surface area contributed by atoms with E-state index in [0.717, 1.165) is 19.5 Å². The van der Waals surface area contributed by atoms with Crippen LogP contribution in [0.2, 0.25) is 0 Å². The molecule has 1 atom stereocenters. The summed E-state index contributed by atoms with van der Waals surface area (Å²) in [5.74, 6) is 0. The summed E-state index contributed by atoms with van der Waals surface area (Å²) < 4.78 is 0. The van der Waals surface area contributed by atoms with Crippen LogP contribution in [0.25, 0.3) is 0 Å². The van der Waals surface area contributed by atoms with Crippen LogP contribution in [0.4, 0.5) is 4.79 Å². The first-order chi connectivity index (χ1) is 5.24. The topological polar surface area (TPSA) is 58.4 Å². The standard InChI is InChI=1S/C7H15N3O/c1-6-5-10(4-2-3-8)7(11)9-6/h6H,2-5,8H2,1H3,(H,9,11). The fourth-order valence-electron chi connectivity index (χ4n) is 1.24. The van der Waals surface area contributed by atoms with Crippen molar-refractivity contribution in [1.29, 1.82) is 0 Å². The zero-order valence-corrected chi connectivity index (χ0v) is 6.84. The number of urea groups is 1. The predicted molar refractivity (Wildman–Crippen MR) is 43.2 cm³/mol. The minimum Gasteiger partial charge on any atom is -0.334 e. The van der Waals surface area contributed by atoms with Gasteiger partial charge in [0, 0.05) is 19.1 Å². The zero-order valence-electron chi connectivity index (χ0n) is 6.84. The number of amides is 2. The zero-order chi connectivity index (χ0) is 8.27. The monoisotopic (exact) mass is 157 g/mol. The Bertz CT molecular complexity index is 149. The Kier molecular flexibility index (Phi) is 2.70. The number of nitrogens with zero attached hydrogens (tertiary/aromatic N) is 1. The summed E-state index contributed by atoms with van der Waals surface area (Å²) in [7, 11) is 0. The van der Waals surface area contributed by atoms with E-state index in [4.69, 9.17) is 5.73 Å². The molecule has 0 aromatic rings. The van der Waals surface area contributed by atoms with Crippen LogP contribution in [0.15, 0.2) is 0 Å². The van der Waals surface area contributed by atoms with Gasteiger partial charge in [-0.05, 0) is 19.9 Å². The number of carbonyl (C=O) groups is 1. The van der Waals surface area contributed by atoms with E-state index in [-0.39, 0.29) is 6.03 Å². The average molecular weight is 157 g/mol. The van der Waals surface area contributed by atoms with Gasteiger partial charge in [0.05, 0.1) is 0 Å². The lowest BCUT2D eigenvalue weighted by Crippen LogP contribution is -2.30. The molecule has 4 nitrogen and oxygen atoms in total. The molecular weight excluding hydrogens is 142 g/mol. The molecule has 4 heteroatoms. The molecule has 0 radical (unpaired) electrons. The third-order valence-corrected chi connectivity index (χ3v) is 1.78.